The largest absolute Gasteiger partial charge is 0.459 e. The Balaban J connectivity index is 2.02. The van der Waals surface area contributed by atoms with E-state index in [1.54, 1.807) is 18.2 Å². The Morgan fingerprint density at radius 2 is 2.00 bits per heavy atom. The van der Waals surface area contributed by atoms with Crippen molar-refractivity contribution in [1.29, 1.82) is 0 Å². The van der Waals surface area contributed by atoms with Gasteiger partial charge in [0.1, 0.15) is 6.10 Å². The lowest BCUT2D eigenvalue weighted by atomic mass is 10.0. The van der Waals surface area contributed by atoms with Gasteiger partial charge in [-0.2, -0.15) is 0 Å². The van der Waals surface area contributed by atoms with E-state index in [-0.39, 0.29) is 24.3 Å². The maximum Gasteiger partial charge on any atom is 0.338 e. The van der Waals surface area contributed by atoms with Crippen molar-refractivity contribution in [3.63, 3.8) is 0 Å². The first-order chi connectivity index (χ1) is 8.95. The molecule has 0 spiro atoms. The second kappa shape index (κ2) is 5.92. The molecule has 1 aliphatic rings. The summed E-state index contributed by atoms with van der Waals surface area (Å²) in [5, 5.41) is 0. The third-order valence-corrected chi connectivity index (χ3v) is 3.85. The SMILES string of the molecule is CC1CC(OC(=O)c2ccc(N)c(Br)c2)CC(C)O1. The molecule has 104 valence electrons. The van der Waals surface area contributed by atoms with E-state index in [0.717, 1.165) is 12.8 Å². The van der Waals surface area contributed by atoms with Gasteiger partial charge in [-0.3, -0.25) is 0 Å². The van der Waals surface area contributed by atoms with Crippen LogP contribution in [-0.4, -0.2) is 24.3 Å². The van der Waals surface area contributed by atoms with Crippen LogP contribution in [0.2, 0.25) is 0 Å². The summed E-state index contributed by atoms with van der Waals surface area (Å²) < 4.78 is 11.9. The molecule has 0 aliphatic carbocycles. The van der Waals surface area contributed by atoms with Gasteiger partial charge in [0.25, 0.3) is 0 Å². The van der Waals surface area contributed by atoms with Crippen molar-refractivity contribution in [2.24, 2.45) is 0 Å². The Morgan fingerprint density at radius 1 is 1.37 bits per heavy atom. The molecule has 0 amide bonds. The zero-order valence-electron chi connectivity index (χ0n) is 11.1. The summed E-state index contributed by atoms with van der Waals surface area (Å²) in [5.74, 6) is -0.313. The summed E-state index contributed by atoms with van der Waals surface area (Å²) in [6.45, 7) is 3.99. The van der Waals surface area contributed by atoms with E-state index < -0.39 is 0 Å². The fraction of sp³-hybridized carbons (Fsp3) is 0.500. The molecule has 2 atom stereocenters. The first-order valence-corrected chi connectivity index (χ1v) is 7.16. The van der Waals surface area contributed by atoms with Crippen LogP contribution in [0.1, 0.15) is 37.0 Å². The molecule has 0 radical (unpaired) electrons. The van der Waals surface area contributed by atoms with Crippen molar-refractivity contribution in [2.75, 3.05) is 5.73 Å². The highest BCUT2D eigenvalue weighted by Crippen LogP contribution is 2.24. The number of ether oxygens (including phenoxy) is 2. The van der Waals surface area contributed by atoms with Crippen molar-refractivity contribution >= 4 is 27.6 Å². The first-order valence-electron chi connectivity index (χ1n) is 6.37. The molecule has 1 aliphatic heterocycles. The lowest BCUT2D eigenvalue weighted by Gasteiger charge is -2.31. The van der Waals surface area contributed by atoms with E-state index in [9.17, 15) is 4.79 Å². The Hall–Kier alpha value is -1.07. The van der Waals surface area contributed by atoms with Gasteiger partial charge in [-0.25, -0.2) is 4.79 Å². The molecule has 1 heterocycles. The average molecular weight is 328 g/mol. The number of halogens is 1. The van der Waals surface area contributed by atoms with Crippen LogP contribution in [0, 0.1) is 0 Å². The van der Waals surface area contributed by atoms with Crippen LogP contribution in [0.4, 0.5) is 5.69 Å². The minimum absolute atomic E-state index is 0.0809. The minimum Gasteiger partial charge on any atom is -0.459 e. The van der Waals surface area contributed by atoms with Gasteiger partial charge >= 0.3 is 5.97 Å². The molecule has 0 aromatic heterocycles. The highest BCUT2D eigenvalue weighted by atomic mass is 79.9. The van der Waals surface area contributed by atoms with Crippen LogP contribution < -0.4 is 5.73 Å². The van der Waals surface area contributed by atoms with E-state index >= 15 is 0 Å². The molecule has 1 saturated heterocycles. The Morgan fingerprint density at radius 3 is 2.58 bits per heavy atom. The number of esters is 1. The smallest absolute Gasteiger partial charge is 0.338 e. The van der Waals surface area contributed by atoms with Gasteiger partial charge in [-0.15, -0.1) is 0 Å². The summed E-state index contributed by atoms with van der Waals surface area (Å²) in [6, 6.07) is 5.05. The number of nitrogen functional groups attached to an aromatic ring is 1. The quantitative estimate of drug-likeness (QED) is 0.669. The van der Waals surface area contributed by atoms with Crippen LogP contribution in [0.15, 0.2) is 22.7 Å². The predicted octanol–water partition coefficient (Wildman–Crippen LogP) is 3.14. The summed E-state index contributed by atoms with van der Waals surface area (Å²) >= 11 is 3.31. The normalized spacial score (nSPS) is 27.0. The maximum absolute atomic E-state index is 12.1. The van der Waals surface area contributed by atoms with E-state index in [1.807, 2.05) is 13.8 Å². The van der Waals surface area contributed by atoms with Crippen LogP contribution >= 0.6 is 15.9 Å². The van der Waals surface area contributed by atoms with Crippen molar-refractivity contribution in [3.05, 3.63) is 28.2 Å². The molecule has 19 heavy (non-hydrogen) atoms. The van der Waals surface area contributed by atoms with Gasteiger partial charge in [-0.05, 0) is 48.0 Å². The maximum atomic E-state index is 12.1. The third-order valence-electron chi connectivity index (χ3n) is 3.16. The standard InChI is InChI=1S/C14H18BrNO3/c1-8-5-11(6-9(2)18-8)19-14(17)10-3-4-13(16)12(15)7-10/h3-4,7-9,11H,5-6,16H2,1-2H3. The second-order valence-corrected chi connectivity index (χ2v) is 5.85. The highest BCUT2D eigenvalue weighted by Gasteiger charge is 2.27. The molecule has 2 N–H and O–H groups in total. The van der Waals surface area contributed by atoms with E-state index in [4.69, 9.17) is 15.2 Å². The number of hydrogen-bond donors (Lipinski definition) is 1. The van der Waals surface area contributed by atoms with Crippen LogP contribution in [0.5, 0.6) is 0 Å². The third kappa shape index (κ3) is 3.70. The second-order valence-electron chi connectivity index (χ2n) is 4.99. The summed E-state index contributed by atoms with van der Waals surface area (Å²) in [5.41, 5.74) is 6.80. The Bertz CT molecular complexity index is 468. The lowest BCUT2D eigenvalue weighted by molar-refractivity contribution is -0.0855. The summed E-state index contributed by atoms with van der Waals surface area (Å²) in [6.07, 6.45) is 1.65. The van der Waals surface area contributed by atoms with Gasteiger partial charge in [0.15, 0.2) is 0 Å². The van der Waals surface area contributed by atoms with Crippen LogP contribution in [0.3, 0.4) is 0 Å². The number of rotatable bonds is 2. The van der Waals surface area contributed by atoms with Gasteiger partial charge in [0.2, 0.25) is 0 Å². The number of benzene rings is 1. The zero-order valence-corrected chi connectivity index (χ0v) is 12.6. The number of carbonyl (C=O) groups is 1. The number of carbonyl (C=O) groups excluding carboxylic acids is 1. The molecule has 2 unspecified atom stereocenters. The molecular formula is C14H18BrNO3. The molecule has 1 fully saturated rings. The topological polar surface area (TPSA) is 61.5 Å². The number of hydrogen-bond acceptors (Lipinski definition) is 4. The molecule has 4 nitrogen and oxygen atoms in total. The van der Waals surface area contributed by atoms with Crippen LogP contribution in [0.25, 0.3) is 0 Å². The highest BCUT2D eigenvalue weighted by molar-refractivity contribution is 9.10. The molecule has 1 aromatic rings. The van der Waals surface area contributed by atoms with Gasteiger partial charge in [0.05, 0.1) is 17.8 Å². The molecule has 2 rings (SSSR count). The summed E-state index contributed by atoms with van der Waals surface area (Å²) in [7, 11) is 0. The van der Waals surface area contributed by atoms with Gasteiger partial charge in [-0.1, -0.05) is 0 Å². The van der Waals surface area contributed by atoms with Gasteiger partial charge < -0.3 is 15.2 Å². The zero-order chi connectivity index (χ0) is 14.0. The Labute approximate surface area is 121 Å². The molecule has 1 aromatic carbocycles. The van der Waals surface area contributed by atoms with Crippen molar-refractivity contribution < 1.29 is 14.3 Å². The van der Waals surface area contributed by atoms with E-state index in [1.165, 1.54) is 0 Å². The molecular weight excluding hydrogens is 310 g/mol. The monoisotopic (exact) mass is 327 g/mol. The molecule has 5 heteroatoms. The average Bonchev–Trinajstić information content (AvgIpc) is 2.31. The first kappa shape index (κ1) is 14.3. The predicted molar refractivity (Wildman–Crippen MR) is 77.0 cm³/mol. The van der Waals surface area contributed by atoms with E-state index in [2.05, 4.69) is 15.9 Å². The molecule has 0 saturated carbocycles. The summed E-state index contributed by atoms with van der Waals surface area (Å²) in [4.78, 5) is 12.1. The number of nitrogens with two attached hydrogens (primary N) is 1. The van der Waals surface area contributed by atoms with E-state index in [0.29, 0.717) is 15.7 Å². The van der Waals surface area contributed by atoms with Crippen molar-refractivity contribution in [1.82, 2.24) is 0 Å². The lowest BCUT2D eigenvalue weighted by Crippen LogP contribution is -2.35. The minimum atomic E-state index is -0.313. The van der Waals surface area contributed by atoms with Gasteiger partial charge in [0, 0.05) is 23.0 Å². The number of anilines is 1. The fourth-order valence-corrected chi connectivity index (χ4v) is 2.69. The van der Waals surface area contributed by atoms with Crippen LogP contribution in [-0.2, 0) is 9.47 Å². The fourth-order valence-electron chi connectivity index (χ4n) is 2.31. The molecule has 0 bridgehead atoms. The Kier molecular flexibility index (Phi) is 4.47. The van der Waals surface area contributed by atoms with Crippen molar-refractivity contribution in [2.45, 2.75) is 45.0 Å². The van der Waals surface area contributed by atoms with Crippen molar-refractivity contribution in [3.8, 4) is 0 Å².